The summed E-state index contributed by atoms with van der Waals surface area (Å²) in [5.41, 5.74) is 2.28. The molecule has 0 bridgehead atoms. The van der Waals surface area contributed by atoms with Crippen molar-refractivity contribution in [2.45, 2.75) is 38.3 Å². The maximum Gasteiger partial charge on any atom is 0.247 e. The second kappa shape index (κ2) is 9.09. The van der Waals surface area contributed by atoms with Gasteiger partial charge in [-0.15, -0.1) is 0 Å². The monoisotopic (exact) mass is 426 g/mol. The van der Waals surface area contributed by atoms with Gasteiger partial charge < -0.3 is 24.4 Å². The van der Waals surface area contributed by atoms with Crippen LogP contribution in [0.25, 0.3) is 10.9 Å². The van der Waals surface area contributed by atoms with Gasteiger partial charge in [0.2, 0.25) is 17.7 Å². The maximum atomic E-state index is 13.0. The molecule has 0 spiro atoms. The number of H-pyrrole nitrogens is 1. The first kappa shape index (κ1) is 21.4. The Kier molecular flexibility index (Phi) is 6.27. The zero-order valence-electron chi connectivity index (χ0n) is 18.2. The number of aromatic nitrogens is 1. The second-order valence-electron chi connectivity index (χ2n) is 8.30. The first-order valence-electron chi connectivity index (χ1n) is 10.9. The minimum Gasteiger partial charge on any atom is -0.383 e. The van der Waals surface area contributed by atoms with Crippen LogP contribution in [0.2, 0.25) is 0 Å². The van der Waals surface area contributed by atoms with Crippen LogP contribution in [0.5, 0.6) is 0 Å². The van der Waals surface area contributed by atoms with E-state index < -0.39 is 12.1 Å². The van der Waals surface area contributed by atoms with Gasteiger partial charge in [-0.25, -0.2) is 0 Å². The van der Waals surface area contributed by atoms with Crippen molar-refractivity contribution in [1.82, 2.24) is 19.7 Å². The van der Waals surface area contributed by atoms with Crippen molar-refractivity contribution in [3.8, 4) is 0 Å². The van der Waals surface area contributed by atoms with Gasteiger partial charge in [0.25, 0.3) is 0 Å². The number of hydrogen-bond donors (Lipinski definition) is 1. The van der Waals surface area contributed by atoms with Crippen LogP contribution in [0.4, 0.5) is 0 Å². The highest BCUT2D eigenvalue weighted by atomic mass is 16.5. The molecule has 166 valence electrons. The number of para-hydroxylation sites is 1. The lowest BCUT2D eigenvalue weighted by molar-refractivity contribution is -0.165. The Hall–Kier alpha value is -2.87. The first-order valence-corrected chi connectivity index (χ1v) is 10.9. The Labute approximate surface area is 182 Å². The lowest BCUT2D eigenvalue weighted by Crippen LogP contribution is -2.69. The number of rotatable bonds is 7. The summed E-state index contributed by atoms with van der Waals surface area (Å²) in [6.07, 6.45) is 3.83. The van der Waals surface area contributed by atoms with Crippen LogP contribution in [0, 0.1) is 0 Å². The number of aryl methyl sites for hydroxylation is 1. The number of piperazine rings is 2. The van der Waals surface area contributed by atoms with Crippen molar-refractivity contribution in [2.24, 2.45) is 0 Å². The summed E-state index contributed by atoms with van der Waals surface area (Å²) in [6, 6.07) is 6.99. The third-order valence-corrected chi connectivity index (χ3v) is 6.46. The zero-order valence-corrected chi connectivity index (χ0v) is 18.2. The standard InChI is InChI=1S/C23H30N4O4/c1-16-22(29)26-11-10-25(12-13-31-2)23(30)20(26)15-27(16)21(28)9-5-6-17-14-24-19-8-4-3-7-18(17)19/h3-4,7-8,14,16,20,24H,5-6,9-13,15H2,1-2H3/t16-,20-/m0/s1. The van der Waals surface area contributed by atoms with Gasteiger partial charge in [0.05, 0.1) is 13.2 Å². The van der Waals surface area contributed by atoms with Gasteiger partial charge in [-0.05, 0) is 31.4 Å². The molecule has 1 N–H and O–H groups in total. The molecule has 0 aliphatic carbocycles. The smallest absolute Gasteiger partial charge is 0.247 e. The summed E-state index contributed by atoms with van der Waals surface area (Å²) in [5, 5.41) is 1.18. The number of amides is 3. The number of methoxy groups -OCH3 is 1. The van der Waals surface area contributed by atoms with Crippen LogP contribution >= 0.6 is 0 Å². The van der Waals surface area contributed by atoms with E-state index >= 15 is 0 Å². The number of nitrogens with zero attached hydrogens (tertiary/aromatic N) is 3. The molecule has 1 aromatic carbocycles. The lowest BCUT2D eigenvalue weighted by Gasteiger charge is -2.48. The molecular weight excluding hydrogens is 396 g/mol. The van der Waals surface area contributed by atoms with Crippen LogP contribution < -0.4 is 0 Å². The molecule has 31 heavy (non-hydrogen) atoms. The molecule has 2 aliphatic rings. The number of hydrogen-bond acceptors (Lipinski definition) is 4. The van der Waals surface area contributed by atoms with Gasteiger partial charge in [-0.3, -0.25) is 14.4 Å². The Morgan fingerprint density at radius 2 is 2.00 bits per heavy atom. The predicted molar refractivity (Wildman–Crippen MR) is 116 cm³/mol. The van der Waals surface area contributed by atoms with Crippen LogP contribution in [-0.2, 0) is 25.5 Å². The summed E-state index contributed by atoms with van der Waals surface area (Å²) < 4.78 is 5.09. The number of aromatic amines is 1. The SMILES string of the molecule is COCCN1CCN2C(=O)[C@H](C)N(C(=O)CCCc3c[nH]c4ccccc34)C[C@H]2C1=O. The average Bonchev–Trinajstić information content (AvgIpc) is 3.19. The molecule has 2 aromatic rings. The van der Waals surface area contributed by atoms with E-state index in [4.69, 9.17) is 4.74 Å². The van der Waals surface area contributed by atoms with E-state index in [1.807, 2.05) is 24.4 Å². The Balaban J connectivity index is 1.38. The molecule has 1 aromatic heterocycles. The minimum absolute atomic E-state index is 0.0674. The molecule has 3 amide bonds. The fourth-order valence-corrected chi connectivity index (χ4v) is 4.65. The second-order valence-corrected chi connectivity index (χ2v) is 8.30. The highest BCUT2D eigenvalue weighted by Gasteiger charge is 2.46. The molecule has 0 unspecified atom stereocenters. The maximum absolute atomic E-state index is 13.0. The van der Waals surface area contributed by atoms with Crippen molar-refractivity contribution >= 4 is 28.6 Å². The van der Waals surface area contributed by atoms with E-state index in [0.717, 1.165) is 11.9 Å². The summed E-state index contributed by atoms with van der Waals surface area (Å²) in [6.45, 7) is 4.00. The van der Waals surface area contributed by atoms with E-state index in [-0.39, 0.29) is 24.3 Å². The largest absolute Gasteiger partial charge is 0.383 e. The van der Waals surface area contributed by atoms with Gasteiger partial charge in [-0.1, -0.05) is 18.2 Å². The topological polar surface area (TPSA) is 85.9 Å². The lowest BCUT2D eigenvalue weighted by atomic mass is 10.0. The van der Waals surface area contributed by atoms with Gasteiger partial charge in [0.1, 0.15) is 12.1 Å². The quantitative estimate of drug-likeness (QED) is 0.725. The minimum atomic E-state index is -0.591. The number of nitrogens with one attached hydrogen (secondary N) is 1. The molecular formula is C23H30N4O4. The predicted octanol–water partition coefficient (Wildman–Crippen LogP) is 1.41. The van der Waals surface area contributed by atoms with Crippen molar-refractivity contribution < 1.29 is 19.1 Å². The Bertz CT molecular complexity index is 971. The summed E-state index contributed by atoms with van der Waals surface area (Å²) >= 11 is 0. The van der Waals surface area contributed by atoms with Crippen molar-refractivity contribution in [3.63, 3.8) is 0 Å². The molecule has 2 aliphatic heterocycles. The van der Waals surface area contributed by atoms with Gasteiger partial charge in [-0.2, -0.15) is 0 Å². The molecule has 3 heterocycles. The molecule has 2 saturated heterocycles. The number of benzene rings is 1. The first-order chi connectivity index (χ1) is 15.0. The molecule has 2 atom stereocenters. The fourth-order valence-electron chi connectivity index (χ4n) is 4.65. The van der Waals surface area contributed by atoms with Crippen molar-refractivity contribution in [3.05, 3.63) is 36.0 Å². The Morgan fingerprint density at radius 3 is 2.81 bits per heavy atom. The van der Waals surface area contributed by atoms with E-state index in [0.29, 0.717) is 39.1 Å². The van der Waals surface area contributed by atoms with Crippen molar-refractivity contribution in [2.75, 3.05) is 39.9 Å². The van der Waals surface area contributed by atoms with Crippen LogP contribution in [0.15, 0.2) is 30.5 Å². The number of carbonyl (C=O) groups excluding carboxylic acids is 3. The number of carbonyl (C=O) groups is 3. The number of ether oxygens (including phenoxy) is 1. The van der Waals surface area contributed by atoms with Gasteiger partial charge >= 0.3 is 0 Å². The van der Waals surface area contributed by atoms with Crippen LogP contribution in [0.1, 0.15) is 25.3 Å². The van der Waals surface area contributed by atoms with E-state index in [2.05, 4.69) is 11.1 Å². The normalized spacial score (nSPS) is 21.7. The van der Waals surface area contributed by atoms with Crippen LogP contribution in [-0.4, -0.2) is 89.4 Å². The van der Waals surface area contributed by atoms with Gasteiger partial charge in [0.15, 0.2) is 0 Å². The highest BCUT2D eigenvalue weighted by molar-refractivity contribution is 5.95. The molecule has 0 saturated carbocycles. The van der Waals surface area contributed by atoms with Gasteiger partial charge in [0, 0.05) is 50.3 Å². The van der Waals surface area contributed by atoms with Crippen molar-refractivity contribution in [1.29, 1.82) is 0 Å². The van der Waals surface area contributed by atoms with Crippen LogP contribution in [0.3, 0.4) is 0 Å². The summed E-state index contributed by atoms with van der Waals surface area (Å²) in [4.78, 5) is 47.0. The molecule has 4 rings (SSSR count). The average molecular weight is 427 g/mol. The molecule has 8 heteroatoms. The van der Waals surface area contributed by atoms with E-state index in [9.17, 15) is 14.4 Å². The summed E-state index contributed by atoms with van der Waals surface area (Å²) in [5.74, 6) is -0.303. The van der Waals surface area contributed by atoms with E-state index in [1.54, 1.807) is 28.7 Å². The molecule has 0 radical (unpaired) electrons. The third-order valence-electron chi connectivity index (χ3n) is 6.46. The Morgan fingerprint density at radius 1 is 1.19 bits per heavy atom. The third kappa shape index (κ3) is 4.17. The zero-order chi connectivity index (χ0) is 22.0. The number of fused-ring (bicyclic) bond motifs is 2. The van der Waals surface area contributed by atoms with E-state index in [1.165, 1.54) is 10.9 Å². The highest BCUT2D eigenvalue weighted by Crippen LogP contribution is 2.24. The molecule has 8 nitrogen and oxygen atoms in total. The molecule has 2 fully saturated rings. The summed E-state index contributed by atoms with van der Waals surface area (Å²) in [7, 11) is 1.60. The fraction of sp³-hybridized carbons (Fsp3) is 0.522.